The predicted molar refractivity (Wildman–Crippen MR) is 124 cm³/mol. The number of hydrogen-bond acceptors (Lipinski definition) is 10. The molecule has 0 aliphatic rings. The molecule has 2 heterocycles. The Morgan fingerprint density at radius 3 is 2.06 bits per heavy atom. The maximum absolute atomic E-state index is 10.8. The number of aromatic nitrogens is 4. The number of phenolic OH excluding ortho intramolecular Hbond substituents is 1. The normalized spacial score (nSPS) is 10.9. The number of nitrogens with zero attached hydrogens (tertiary/aromatic N) is 5. The van der Waals surface area contributed by atoms with Crippen LogP contribution in [0, 0.1) is 10.1 Å². The van der Waals surface area contributed by atoms with Crippen molar-refractivity contribution in [2.75, 3.05) is 7.11 Å². The summed E-state index contributed by atoms with van der Waals surface area (Å²) >= 11 is 1.38. The number of nitro groups is 1. The van der Waals surface area contributed by atoms with Gasteiger partial charge in [0.1, 0.15) is 21.5 Å². The van der Waals surface area contributed by atoms with Crippen LogP contribution in [0.1, 0.15) is 0 Å². The standard InChI is InChI=1S/C23H15N5O5S/c1-32-19-12-17(29)10-11-18(19)21-25-24-20(33-21)13-2-4-14(5-3-13)22-26-27-23(34-22)15-6-8-16(9-7-15)28(30)31/h2-12,29H,1H3. The summed E-state index contributed by atoms with van der Waals surface area (Å²) in [6.45, 7) is 0. The first kappa shape index (κ1) is 21.2. The van der Waals surface area contributed by atoms with E-state index in [2.05, 4.69) is 20.4 Å². The molecule has 5 aromatic rings. The van der Waals surface area contributed by atoms with Gasteiger partial charge in [-0.3, -0.25) is 10.1 Å². The van der Waals surface area contributed by atoms with Gasteiger partial charge in [0, 0.05) is 34.9 Å². The fraction of sp³-hybridized carbons (Fsp3) is 0.0435. The molecule has 34 heavy (non-hydrogen) atoms. The maximum atomic E-state index is 10.8. The zero-order chi connectivity index (χ0) is 23.7. The van der Waals surface area contributed by atoms with Gasteiger partial charge >= 0.3 is 0 Å². The highest BCUT2D eigenvalue weighted by Crippen LogP contribution is 2.35. The highest BCUT2D eigenvalue weighted by molar-refractivity contribution is 7.17. The molecule has 0 saturated heterocycles. The molecule has 0 fully saturated rings. The summed E-state index contributed by atoms with van der Waals surface area (Å²) in [6, 6.07) is 18.3. The highest BCUT2D eigenvalue weighted by atomic mass is 32.1. The van der Waals surface area contributed by atoms with Gasteiger partial charge in [0.05, 0.1) is 17.6 Å². The van der Waals surface area contributed by atoms with Gasteiger partial charge in [-0.2, -0.15) is 0 Å². The monoisotopic (exact) mass is 473 g/mol. The van der Waals surface area contributed by atoms with Crippen molar-refractivity contribution < 1.29 is 19.2 Å². The van der Waals surface area contributed by atoms with Crippen LogP contribution in [-0.4, -0.2) is 37.5 Å². The third-order valence-corrected chi connectivity index (χ3v) is 5.99. The fourth-order valence-electron chi connectivity index (χ4n) is 3.24. The third-order valence-electron chi connectivity index (χ3n) is 4.97. The molecule has 0 unspecified atom stereocenters. The molecule has 2 aromatic heterocycles. The fourth-order valence-corrected chi connectivity index (χ4v) is 4.10. The molecule has 10 nitrogen and oxygen atoms in total. The van der Waals surface area contributed by atoms with Gasteiger partial charge in [-0.05, 0) is 36.4 Å². The SMILES string of the molecule is COc1cc(O)ccc1-c1nnc(-c2ccc(-c3nnc(-c4ccc([N+](=O)[O-])cc4)s3)cc2)o1. The lowest BCUT2D eigenvalue weighted by Crippen LogP contribution is -1.87. The minimum absolute atomic E-state index is 0.0251. The van der Waals surface area contributed by atoms with Crippen LogP contribution in [0.4, 0.5) is 5.69 Å². The Balaban J connectivity index is 1.37. The quantitative estimate of drug-likeness (QED) is 0.260. The molecule has 0 aliphatic heterocycles. The van der Waals surface area contributed by atoms with E-state index in [0.717, 1.165) is 16.7 Å². The molecule has 0 bridgehead atoms. The van der Waals surface area contributed by atoms with Crippen LogP contribution >= 0.6 is 11.3 Å². The molecule has 0 aliphatic carbocycles. The van der Waals surface area contributed by atoms with Gasteiger partial charge in [0.25, 0.3) is 11.6 Å². The van der Waals surface area contributed by atoms with Crippen molar-refractivity contribution in [2.24, 2.45) is 0 Å². The summed E-state index contributed by atoms with van der Waals surface area (Å²) in [5, 5.41) is 38.5. The molecule has 0 amide bonds. The van der Waals surface area contributed by atoms with Crippen molar-refractivity contribution >= 4 is 17.0 Å². The number of aromatic hydroxyl groups is 1. The summed E-state index contributed by atoms with van der Waals surface area (Å²) in [5.74, 6) is 1.10. The average Bonchev–Trinajstić information content (AvgIpc) is 3.55. The van der Waals surface area contributed by atoms with Gasteiger partial charge in [-0.25, -0.2) is 0 Å². The largest absolute Gasteiger partial charge is 0.508 e. The van der Waals surface area contributed by atoms with Crippen molar-refractivity contribution in [3.05, 3.63) is 76.8 Å². The molecule has 3 aromatic carbocycles. The zero-order valence-electron chi connectivity index (χ0n) is 17.6. The Morgan fingerprint density at radius 1 is 0.853 bits per heavy atom. The Hall–Kier alpha value is -4.64. The lowest BCUT2D eigenvalue weighted by molar-refractivity contribution is -0.384. The van der Waals surface area contributed by atoms with Crippen molar-refractivity contribution in [1.29, 1.82) is 0 Å². The van der Waals surface area contributed by atoms with Crippen LogP contribution in [0.15, 0.2) is 71.1 Å². The number of rotatable bonds is 6. The second-order valence-corrected chi connectivity index (χ2v) is 8.07. The minimum Gasteiger partial charge on any atom is -0.508 e. The maximum Gasteiger partial charge on any atom is 0.269 e. The minimum atomic E-state index is -0.440. The second kappa shape index (κ2) is 8.71. The van der Waals surface area contributed by atoms with E-state index in [9.17, 15) is 15.2 Å². The molecule has 0 atom stereocenters. The smallest absolute Gasteiger partial charge is 0.269 e. The van der Waals surface area contributed by atoms with Crippen molar-refractivity contribution in [3.8, 4) is 55.5 Å². The summed E-state index contributed by atoms with van der Waals surface area (Å²) in [7, 11) is 1.49. The van der Waals surface area contributed by atoms with E-state index < -0.39 is 4.92 Å². The van der Waals surface area contributed by atoms with E-state index in [-0.39, 0.29) is 17.3 Å². The first-order valence-electron chi connectivity index (χ1n) is 9.92. The third kappa shape index (κ3) is 4.07. The zero-order valence-corrected chi connectivity index (χ0v) is 18.4. The molecule has 0 spiro atoms. The number of methoxy groups -OCH3 is 1. The van der Waals surface area contributed by atoms with Crippen LogP contribution in [0.3, 0.4) is 0 Å². The Kier molecular flexibility index (Phi) is 5.44. The van der Waals surface area contributed by atoms with Gasteiger partial charge in [0.2, 0.25) is 5.89 Å². The van der Waals surface area contributed by atoms with Crippen molar-refractivity contribution in [2.45, 2.75) is 0 Å². The molecule has 1 N–H and O–H groups in total. The summed E-state index contributed by atoms with van der Waals surface area (Å²) in [4.78, 5) is 10.4. The van der Waals surface area contributed by atoms with E-state index in [1.165, 1.54) is 42.7 Å². The van der Waals surface area contributed by atoms with Crippen LogP contribution in [0.25, 0.3) is 44.1 Å². The van der Waals surface area contributed by atoms with Crippen LogP contribution < -0.4 is 4.74 Å². The predicted octanol–water partition coefficient (Wildman–Crippen LogP) is 5.21. The van der Waals surface area contributed by atoms with E-state index in [4.69, 9.17) is 9.15 Å². The van der Waals surface area contributed by atoms with Crippen molar-refractivity contribution in [3.63, 3.8) is 0 Å². The van der Waals surface area contributed by atoms with Crippen LogP contribution in [0.5, 0.6) is 11.5 Å². The Labute approximate surface area is 196 Å². The topological polar surface area (TPSA) is 137 Å². The van der Waals surface area contributed by atoms with Gasteiger partial charge in [-0.15, -0.1) is 20.4 Å². The number of phenols is 1. The molecule has 11 heteroatoms. The number of nitro benzene ring substituents is 1. The molecule has 5 rings (SSSR count). The first-order valence-corrected chi connectivity index (χ1v) is 10.7. The number of benzene rings is 3. The second-order valence-electron chi connectivity index (χ2n) is 7.09. The van der Waals surface area contributed by atoms with Crippen LogP contribution in [0.2, 0.25) is 0 Å². The number of non-ortho nitro benzene ring substituents is 1. The lowest BCUT2D eigenvalue weighted by Gasteiger charge is -2.04. The van der Waals surface area contributed by atoms with E-state index in [1.54, 1.807) is 18.2 Å². The average molecular weight is 473 g/mol. The van der Waals surface area contributed by atoms with Gasteiger partial charge in [-0.1, -0.05) is 23.5 Å². The molecular weight excluding hydrogens is 458 g/mol. The highest BCUT2D eigenvalue weighted by Gasteiger charge is 2.16. The van der Waals surface area contributed by atoms with Gasteiger partial charge in [0.15, 0.2) is 0 Å². The van der Waals surface area contributed by atoms with E-state index in [0.29, 0.717) is 27.2 Å². The number of hydrogen-bond donors (Lipinski definition) is 1. The molecule has 0 saturated carbocycles. The molecule has 168 valence electrons. The van der Waals surface area contributed by atoms with E-state index >= 15 is 0 Å². The molecular formula is C23H15N5O5S. The van der Waals surface area contributed by atoms with Crippen molar-refractivity contribution in [1.82, 2.24) is 20.4 Å². The van der Waals surface area contributed by atoms with Gasteiger partial charge < -0.3 is 14.3 Å². The summed E-state index contributed by atoms with van der Waals surface area (Å²) in [5.41, 5.74) is 2.93. The number of ether oxygens (including phenoxy) is 1. The first-order chi connectivity index (χ1) is 16.5. The molecule has 0 radical (unpaired) electrons. The lowest BCUT2D eigenvalue weighted by atomic mass is 10.1. The summed E-state index contributed by atoms with van der Waals surface area (Å²) in [6.07, 6.45) is 0. The Bertz CT molecular complexity index is 1480. The Morgan fingerprint density at radius 2 is 1.44 bits per heavy atom. The van der Waals surface area contributed by atoms with Crippen LogP contribution in [-0.2, 0) is 0 Å². The van der Waals surface area contributed by atoms with E-state index in [1.807, 2.05) is 24.3 Å². The summed E-state index contributed by atoms with van der Waals surface area (Å²) < 4.78 is 11.1.